The zero-order chi connectivity index (χ0) is 13.8. The fourth-order valence-electron chi connectivity index (χ4n) is 1.57. The van der Waals surface area contributed by atoms with Gasteiger partial charge in [-0.2, -0.15) is 9.40 Å². The van der Waals surface area contributed by atoms with Gasteiger partial charge in [-0.3, -0.25) is 5.10 Å². The summed E-state index contributed by atoms with van der Waals surface area (Å²) in [5, 5.41) is 9.38. The Kier molecular flexibility index (Phi) is 5.27. The molecule has 0 bridgehead atoms. The second-order valence-electron chi connectivity index (χ2n) is 4.08. The van der Waals surface area contributed by atoms with Crippen LogP contribution < -0.4 is 5.32 Å². The largest absolute Gasteiger partial charge is 0.383 e. The molecule has 0 fully saturated rings. The predicted octanol–water partition coefficient (Wildman–Crippen LogP) is -0.215. The summed E-state index contributed by atoms with van der Waals surface area (Å²) in [7, 11) is 1.25. The van der Waals surface area contributed by atoms with Crippen molar-refractivity contribution < 1.29 is 13.2 Å². The standard InChI is InChI=1S/C10H20N4O3S/c1-8(7-17-4)14(3)18(15,16)10-9(5-11-2)6-12-13-10/h6,8,11H,5,7H2,1-4H3,(H,12,13). The molecule has 1 unspecified atom stereocenters. The van der Waals surface area contributed by atoms with Crippen LogP contribution in [0.15, 0.2) is 11.2 Å². The molecule has 1 rings (SSSR count). The van der Waals surface area contributed by atoms with E-state index in [4.69, 9.17) is 4.74 Å². The number of aromatic amines is 1. The highest BCUT2D eigenvalue weighted by Crippen LogP contribution is 2.18. The SMILES string of the molecule is CNCc1cn[nH]c1S(=O)(=O)N(C)C(C)COC. The molecular formula is C10H20N4O3S. The highest BCUT2D eigenvalue weighted by atomic mass is 32.2. The molecule has 0 aliphatic rings. The van der Waals surface area contributed by atoms with Gasteiger partial charge in [-0.15, -0.1) is 0 Å². The lowest BCUT2D eigenvalue weighted by Crippen LogP contribution is -2.38. The fraction of sp³-hybridized carbons (Fsp3) is 0.700. The molecule has 0 saturated carbocycles. The Bertz CT molecular complexity index is 471. The third-order valence-electron chi connectivity index (χ3n) is 2.71. The van der Waals surface area contributed by atoms with Crippen molar-refractivity contribution in [2.75, 3.05) is 27.8 Å². The van der Waals surface area contributed by atoms with E-state index in [1.807, 2.05) is 0 Å². The van der Waals surface area contributed by atoms with Crippen molar-refractivity contribution in [3.63, 3.8) is 0 Å². The van der Waals surface area contributed by atoms with Crippen LogP contribution in [0.3, 0.4) is 0 Å². The van der Waals surface area contributed by atoms with Crippen molar-refractivity contribution in [3.05, 3.63) is 11.8 Å². The second kappa shape index (κ2) is 6.28. The Morgan fingerprint density at radius 3 is 2.83 bits per heavy atom. The first kappa shape index (κ1) is 15.1. The van der Waals surface area contributed by atoms with E-state index in [0.29, 0.717) is 18.7 Å². The highest BCUT2D eigenvalue weighted by molar-refractivity contribution is 7.89. The molecule has 0 aromatic carbocycles. The number of methoxy groups -OCH3 is 1. The monoisotopic (exact) mass is 276 g/mol. The van der Waals surface area contributed by atoms with Crippen molar-refractivity contribution in [3.8, 4) is 0 Å². The Hall–Kier alpha value is -0.960. The van der Waals surface area contributed by atoms with Gasteiger partial charge in [0.05, 0.1) is 12.8 Å². The van der Waals surface area contributed by atoms with Gasteiger partial charge in [-0.05, 0) is 14.0 Å². The molecule has 104 valence electrons. The Labute approximate surface area is 108 Å². The number of ether oxygens (including phenoxy) is 1. The van der Waals surface area contributed by atoms with Gasteiger partial charge in [0.15, 0.2) is 5.03 Å². The van der Waals surface area contributed by atoms with Gasteiger partial charge in [0.2, 0.25) is 0 Å². The van der Waals surface area contributed by atoms with Crippen molar-refractivity contribution in [2.24, 2.45) is 0 Å². The quantitative estimate of drug-likeness (QED) is 0.719. The molecule has 8 heteroatoms. The Balaban J connectivity index is 3.01. The van der Waals surface area contributed by atoms with Crippen LogP contribution in [0.1, 0.15) is 12.5 Å². The van der Waals surface area contributed by atoms with Crippen LogP contribution in [0, 0.1) is 0 Å². The van der Waals surface area contributed by atoms with E-state index in [0.717, 1.165) is 0 Å². The fourth-order valence-corrected chi connectivity index (χ4v) is 3.01. The van der Waals surface area contributed by atoms with Gasteiger partial charge in [-0.1, -0.05) is 0 Å². The number of rotatable bonds is 7. The molecule has 2 N–H and O–H groups in total. The first-order valence-corrected chi connectivity index (χ1v) is 7.03. The first-order valence-electron chi connectivity index (χ1n) is 5.59. The summed E-state index contributed by atoms with van der Waals surface area (Å²) < 4.78 is 31.0. The summed E-state index contributed by atoms with van der Waals surface area (Å²) >= 11 is 0. The average molecular weight is 276 g/mol. The number of likely N-dealkylation sites (N-methyl/N-ethyl adjacent to an activating group) is 1. The Morgan fingerprint density at radius 1 is 1.61 bits per heavy atom. The minimum absolute atomic E-state index is 0.127. The maximum Gasteiger partial charge on any atom is 0.260 e. The minimum atomic E-state index is -3.57. The van der Waals surface area contributed by atoms with E-state index in [1.165, 1.54) is 17.5 Å². The van der Waals surface area contributed by atoms with Crippen LogP contribution in [0.2, 0.25) is 0 Å². The topological polar surface area (TPSA) is 87.3 Å². The molecule has 1 heterocycles. The normalized spacial score (nSPS) is 14.1. The van der Waals surface area contributed by atoms with Gasteiger partial charge < -0.3 is 10.1 Å². The van der Waals surface area contributed by atoms with Gasteiger partial charge in [-0.25, -0.2) is 8.42 Å². The number of hydrogen-bond acceptors (Lipinski definition) is 5. The number of nitrogens with one attached hydrogen (secondary N) is 2. The van der Waals surface area contributed by atoms with E-state index in [9.17, 15) is 8.42 Å². The third-order valence-corrected chi connectivity index (χ3v) is 4.70. The summed E-state index contributed by atoms with van der Waals surface area (Å²) in [6, 6.07) is -0.245. The van der Waals surface area contributed by atoms with E-state index in [2.05, 4.69) is 15.5 Å². The maximum absolute atomic E-state index is 12.4. The number of sulfonamides is 1. The van der Waals surface area contributed by atoms with Gasteiger partial charge in [0.1, 0.15) is 0 Å². The number of hydrogen-bond donors (Lipinski definition) is 2. The van der Waals surface area contributed by atoms with E-state index in [-0.39, 0.29) is 11.1 Å². The summed E-state index contributed by atoms with van der Waals surface area (Å²) in [6.07, 6.45) is 1.51. The van der Waals surface area contributed by atoms with Crippen LogP contribution >= 0.6 is 0 Å². The lowest BCUT2D eigenvalue weighted by molar-refractivity contribution is 0.149. The maximum atomic E-state index is 12.4. The highest BCUT2D eigenvalue weighted by Gasteiger charge is 2.29. The second-order valence-corrected chi connectivity index (χ2v) is 6.01. The number of H-pyrrole nitrogens is 1. The first-order chi connectivity index (χ1) is 8.45. The molecule has 1 aromatic rings. The van der Waals surface area contributed by atoms with Crippen molar-refractivity contribution in [1.29, 1.82) is 0 Å². The average Bonchev–Trinajstić information content (AvgIpc) is 2.77. The van der Waals surface area contributed by atoms with Crippen LogP contribution in [0.25, 0.3) is 0 Å². The molecule has 18 heavy (non-hydrogen) atoms. The zero-order valence-corrected chi connectivity index (χ0v) is 11.9. The van der Waals surface area contributed by atoms with Crippen molar-refractivity contribution in [1.82, 2.24) is 19.8 Å². The lowest BCUT2D eigenvalue weighted by atomic mass is 10.4. The van der Waals surface area contributed by atoms with Crippen LogP contribution in [0.4, 0.5) is 0 Å². The third kappa shape index (κ3) is 3.08. The smallest absolute Gasteiger partial charge is 0.260 e. The van der Waals surface area contributed by atoms with Gasteiger partial charge >= 0.3 is 0 Å². The summed E-state index contributed by atoms with van der Waals surface area (Å²) in [5.41, 5.74) is 0.619. The predicted molar refractivity (Wildman–Crippen MR) is 67.6 cm³/mol. The Morgan fingerprint density at radius 2 is 2.28 bits per heavy atom. The molecule has 0 radical (unpaired) electrons. The molecular weight excluding hydrogens is 256 g/mol. The van der Waals surface area contributed by atoms with E-state index >= 15 is 0 Å². The summed E-state index contributed by atoms with van der Waals surface area (Å²) in [5.74, 6) is 0. The van der Waals surface area contributed by atoms with Crippen LogP contribution in [-0.4, -0.2) is 56.8 Å². The molecule has 1 aromatic heterocycles. The number of nitrogens with zero attached hydrogens (tertiary/aromatic N) is 2. The molecule has 0 amide bonds. The number of aromatic nitrogens is 2. The minimum Gasteiger partial charge on any atom is -0.383 e. The van der Waals surface area contributed by atoms with Gasteiger partial charge in [0.25, 0.3) is 10.0 Å². The van der Waals surface area contributed by atoms with E-state index < -0.39 is 10.0 Å². The zero-order valence-electron chi connectivity index (χ0n) is 11.1. The van der Waals surface area contributed by atoms with Gasteiger partial charge in [0, 0.05) is 32.3 Å². The van der Waals surface area contributed by atoms with Crippen molar-refractivity contribution in [2.45, 2.75) is 24.5 Å². The molecule has 0 aliphatic heterocycles. The summed E-state index contributed by atoms with van der Waals surface area (Å²) in [6.45, 7) is 2.57. The van der Waals surface area contributed by atoms with Crippen LogP contribution in [-0.2, 0) is 21.3 Å². The molecule has 0 aliphatic carbocycles. The van der Waals surface area contributed by atoms with E-state index in [1.54, 1.807) is 21.1 Å². The van der Waals surface area contributed by atoms with Crippen molar-refractivity contribution >= 4 is 10.0 Å². The van der Waals surface area contributed by atoms with Crippen LogP contribution in [0.5, 0.6) is 0 Å². The molecule has 7 nitrogen and oxygen atoms in total. The molecule has 0 spiro atoms. The summed E-state index contributed by atoms with van der Waals surface area (Å²) in [4.78, 5) is 0. The molecule has 1 atom stereocenters. The lowest BCUT2D eigenvalue weighted by Gasteiger charge is -2.23. The molecule has 0 saturated heterocycles.